The van der Waals surface area contributed by atoms with Gasteiger partial charge in [-0.2, -0.15) is 0 Å². The van der Waals surface area contributed by atoms with Gasteiger partial charge in [0.2, 0.25) is 18.6 Å². The number of fused-ring (bicyclic) bond motifs is 1. The molecule has 2 amide bonds. The van der Waals surface area contributed by atoms with Gasteiger partial charge in [0.25, 0.3) is 0 Å². The van der Waals surface area contributed by atoms with Crippen molar-refractivity contribution in [2.45, 2.75) is 51.1 Å². The Morgan fingerprint density at radius 3 is 2.65 bits per heavy atom. The minimum absolute atomic E-state index is 0.0898. The number of nitrogens with one attached hydrogen (secondary N) is 2. The smallest absolute Gasteiger partial charge is 0.237 e. The molecule has 1 unspecified atom stereocenters. The van der Waals surface area contributed by atoms with Crippen molar-refractivity contribution in [3.05, 3.63) is 53.3 Å². The average molecular weight is 482 g/mol. The molecule has 178 valence electrons. The fourth-order valence-corrected chi connectivity index (χ4v) is 4.51. The number of ether oxygens (including phenoxy) is 2. The van der Waals surface area contributed by atoms with Gasteiger partial charge in [0.05, 0.1) is 11.7 Å². The van der Waals surface area contributed by atoms with Crippen LogP contribution in [0.25, 0.3) is 0 Å². The number of carbonyl (C=O) groups excluding carboxylic acids is 2. The minimum atomic E-state index is -0.434. The lowest BCUT2D eigenvalue weighted by molar-refractivity contribution is -0.116. The molecule has 0 saturated carbocycles. The highest BCUT2D eigenvalue weighted by molar-refractivity contribution is 8.00. The van der Waals surface area contributed by atoms with E-state index in [1.54, 1.807) is 25.1 Å². The number of aryl methyl sites for hydroxylation is 2. The SMILES string of the molecule is CCn1c(CC(=O)Nc2ccc(C)cc2C)nnc1SC(C)C(=O)Nc1ccc2c(c1)OCO2. The van der Waals surface area contributed by atoms with Crippen LogP contribution in [0.5, 0.6) is 11.5 Å². The van der Waals surface area contributed by atoms with E-state index in [1.165, 1.54) is 11.8 Å². The van der Waals surface area contributed by atoms with Crippen LogP contribution in [0.1, 0.15) is 30.8 Å². The van der Waals surface area contributed by atoms with E-state index < -0.39 is 5.25 Å². The number of carbonyl (C=O) groups is 2. The summed E-state index contributed by atoms with van der Waals surface area (Å²) in [5, 5.41) is 14.4. The first-order chi connectivity index (χ1) is 16.3. The minimum Gasteiger partial charge on any atom is -0.454 e. The van der Waals surface area contributed by atoms with E-state index in [-0.39, 0.29) is 25.0 Å². The molecule has 1 aliphatic heterocycles. The number of nitrogens with zero attached hydrogens (tertiary/aromatic N) is 3. The van der Waals surface area contributed by atoms with Crippen molar-refractivity contribution in [2.75, 3.05) is 17.4 Å². The van der Waals surface area contributed by atoms with Crippen molar-refractivity contribution >= 4 is 35.0 Å². The summed E-state index contributed by atoms with van der Waals surface area (Å²) in [6.07, 6.45) is 0.0898. The second-order valence-electron chi connectivity index (χ2n) is 8.00. The quantitative estimate of drug-likeness (QED) is 0.469. The van der Waals surface area contributed by atoms with Crippen molar-refractivity contribution in [2.24, 2.45) is 0 Å². The summed E-state index contributed by atoms with van der Waals surface area (Å²) in [6.45, 7) is 8.49. The van der Waals surface area contributed by atoms with Gasteiger partial charge in [-0.3, -0.25) is 9.59 Å². The fourth-order valence-electron chi connectivity index (χ4n) is 3.58. The molecule has 0 saturated heterocycles. The number of anilines is 2. The van der Waals surface area contributed by atoms with Crippen molar-refractivity contribution in [3.63, 3.8) is 0 Å². The van der Waals surface area contributed by atoms with E-state index in [4.69, 9.17) is 9.47 Å². The van der Waals surface area contributed by atoms with Gasteiger partial charge in [0.15, 0.2) is 16.7 Å². The van der Waals surface area contributed by atoms with Crippen LogP contribution in [0.4, 0.5) is 11.4 Å². The Morgan fingerprint density at radius 1 is 1.09 bits per heavy atom. The standard InChI is InChI=1S/C24H27N5O4S/c1-5-29-21(12-22(30)26-18-8-6-14(2)10-15(18)3)27-28-24(29)34-16(4)23(31)25-17-7-9-19-20(11-17)33-13-32-19/h6-11,16H,5,12-13H2,1-4H3,(H,25,31)(H,26,30). The van der Waals surface area contributed by atoms with E-state index in [1.807, 2.05) is 43.5 Å². The highest BCUT2D eigenvalue weighted by atomic mass is 32.2. The first-order valence-electron chi connectivity index (χ1n) is 11.0. The van der Waals surface area contributed by atoms with Crippen LogP contribution in [0.3, 0.4) is 0 Å². The van der Waals surface area contributed by atoms with Crippen LogP contribution >= 0.6 is 11.8 Å². The summed E-state index contributed by atoms with van der Waals surface area (Å²) in [4.78, 5) is 25.4. The second kappa shape index (κ2) is 10.2. The lowest BCUT2D eigenvalue weighted by Crippen LogP contribution is -2.23. The van der Waals surface area contributed by atoms with Gasteiger partial charge in [-0.1, -0.05) is 29.5 Å². The Balaban J connectivity index is 1.38. The van der Waals surface area contributed by atoms with Crippen LogP contribution in [-0.4, -0.2) is 38.6 Å². The second-order valence-corrected chi connectivity index (χ2v) is 9.31. The molecule has 0 bridgehead atoms. The molecule has 4 rings (SSSR count). The third-order valence-corrected chi connectivity index (χ3v) is 6.46. The zero-order valence-corrected chi connectivity index (χ0v) is 20.4. The molecule has 1 atom stereocenters. The lowest BCUT2D eigenvalue weighted by Gasteiger charge is -2.13. The highest BCUT2D eigenvalue weighted by Crippen LogP contribution is 2.34. The highest BCUT2D eigenvalue weighted by Gasteiger charge is 2.22. The Bertz CT molecular complexity index is 1230. The van der Waals surface area contributed by atoms with Crippen molar-refractivity contribution < 1.29 is 19.1 Å². The van der Waals surface area contributed by atoms with Gasteiger partial charge in [-0.25, -0.2) is 0 Å². The van der Waals surface area contributed by atoms with Crippen LogP contribution in [0.15, 0.2) is 41.6 Å². The lowest BCUT2D eigenvalue weighted by atomic mass is 10.1. The van der Waals surface area contributed by atoms with Crippen molar-refractivity contribution in [1.29, 1.82) is 0 Å². The predicted molar refractivity (Wildman–Crippen MR) is 130 cm³/mol. The van der Waals surface area contributed by atoms with Crippen molar-refractivity contribution in [1.82, 2.24) is 14.8 Å². The first-order valence-corrected chi connectivity index (χ1v) is 11.9. The molecule has 34 heavy (non-hydrogen) atoms. The largest absolute Gasteiger partial charge is 0.454 e. The van der Waals surface area contributed by atoms with Crippen LogP contribution in [-0.2, 0) is 22.6 Å². The summed E-state index contributed by atoms with van der Waals surface area (Å²) in [7, 11) is 0. The molecule has 2 aromatic carbocycles. The average Bonchev–Trinajstić information content (AvgIpc) is 3.41. The van der Waals surface area contributed by atoms with Crippen LogP contribution in [0.2, 0.25) is 0 Å². The van der Waals surface area contributed by atoms with Crippen LogP contribution in [0, 0.1) is 13.8 Å². The molecular formula is C24H27N5O4S. The van der Waals surface area contributed by atoms with Crippen molar-refractivity contribution in [3.8, 4) is 11.5 Å². The molecule has 0 spiro atoms. The number of hydrogen-bond donors (Lipinski definition) is 2. The normalized spacial score (nSPS) is 12.9. The van der Waals surface area contributed by atoms with E-state index in [0.717, 1.165) is 16.8 Å². The first kappa shape index (κ1) is 23.6. The summed E-state index contributed by atoms with van der Waals surface area (Å²) in [6, 6.07) is 11.1. The maximum absolute atomic E-state index is 12.7. The van der Waals surface area contributed by atoms with Gasteiger partial charge in [-0.05, 0) is 51.5 Å². The molecule has 1 aromatic heterocycles. The molecule has 2 N–H and O–H groups in total. The molecule has 9 nitrogen and oxygen atoms in total. The number of aromatic nitrogens is 3. The van der Waals surface area contributed by atoms with E-state index >= 15 is 0 Å². The predicted octanol–water partition coefficient (Wildman–Crippen LogP) is 3.94. The molecule has 1 aliphatic rings. The summed E-state index contributed by atoms with van der Waals surface area (Å²) in [5.41, 5.74) is 3.55. The molecule has 3 aromatic rings. The molecule has 0 radical (unpaired) electrons. The molecule has 0 aliphatic carbocycles. The molecular weight excluding hydrogens is 454 g/mol. The van der Waals surface area contributed by atoms with E-state index in [9.17, 15) is 9.59 Å². The van der Waals surface area contributed by atoms with Gasteiger partial charge < -0.3 is 24.7 Å². The maximum Gasteiger partial charge on any atom is 0.237 e. The Kier molecular flexibility index (Phi) is 7.06. The van der Waals surface area contributed by atoms with Gasteiger partial charge in [-0.15, -0.1) is 10.2 Å². The Morgan fingerprint density at radius 2 is 1.88 bits per heavy atom. The Labute approximate surface area is 202 Å². The van der Waals surface area contributed by atoms with Gasteiger partial charge in [0, 0.05) is 24.0 Å². The number of hydrogen-bond acceptors (Lipinski definition) is 7. The summed E-state index contributed by atoms with van der Waals surface area (Å²) in [5.74, 6) is 1.47. The monoisotopic (exact) mass is 481 g/mol. The maximum atomic E-state index is 12.7. The number of thioether (sulfide) groups is 1. The zero-order valence-electron chi connectivity index (χ0n) is 19.5. The number of amides is 2. The molecule has 2 heterocycles. The van der Waals surface area contributed by atoms with E-state index in [0.29, 0.717) is 34.7 Å². The third kappa shape index (κ3) is 5.33. The molecule has 0 fully saturated rings. The summed E-state index contributed by atoms with van der Waals surface area (Å²) >= 11 is 1.29. The number of benzene rings is 2. The zero-order chi connectivity index (χ0) is 24.2. The number of rotatable bonds is 8. The third-order valence-electron chi connectivity index (χ3n) is 5.38. The topological polar surface area (TPSA) is 107 Å². The van der Waals surface area contributed by atoms with E-state index in [2.05, 4.69) is 20.8 Å². The molecule has 10 heteroatoms. The fraction of sp³-hybridized carbons (Fsp3) is 0.333. The summed E-state index contributed by atoms with van der Waals surface area (Å²) < 4.78 is 12.5. The van der Waals surface area contributed by atoms with Crippen LogP contribution < -0.4 is 20.1 Å². The Hall–Kier alpha value is -3.53. The van der Waals surface area contributed by atoms with Gasteiger partial charge in [0.1, 0.15) is 5.82 Å². The van der Waals surface area contributed by atoms with Gasteiger partial charge >= 0.3 is 0 Å².